The van der Waals surface area contributed by atoms with E-state index in [1.165, 1.54) is 4.90 Å². The van der Waals surface area contributed by atoms with Gasteiger partial charge in [0.05, 0.1) is 13.7 Å². The second-order valence-corrected chi connectivity index (χ2v) is 7.31. The number of hydrogen-bond acceptors (Lipinski definition) is 4. The van der Waals surface area contributed by atoms with E-state index in [9.17, 15) is 9.59 Å². The molecule has 0 unspecified atom stereocenters. The molecule has 0 bridgehead atoms. The molecule has 0 aromatic heterocycles. The summed E-state index contributed by atoms with van der Waals surface area (Å²) in [5.41, 5.74) is 0.261. The van der Waals surface area contributed by atoms with Gasteiger partial charge in [-0.1, -0.05) is 26.0 Å². The molecule has 3 rings (SSSR count). The summed E-state index contributed by atoms with van der Waals surface area (Å²) < 4.78 is 5.17. The maximum absolute atomic E-state index is 13.2. The highest BCUT2D eigenvalue weighted by atomic mass is 16.5. The minimum Gasteiger partial charge on any atom is -0.497 e. The highest BCUT2D eigenvalue weighted by Crippen LogP contribution is 2.37. The normalized spacial score (nSPS) is 20.0. The number of carbonyl (C=O) groups is 2. The van der Waals surface area contributed by atoms with E-state index in [1.807, 2.05) is 29.2 Å². The zero-order valence-corrected chi connectivity index (χ0v) is 15.2. The third kappa shape index (κ3) is 3.23. The molecule has 2 aliphatic heterocycles. The lowest BCUT2D eigenvalue weighted by molar-refractivity contribution is -0.135. The van der Waals surface area contributed by atoms with Crippen LogP contribution in [0, 0.1) is 5.92 Å². The maximum Gasteiger partial charge on any atom is 0.327 e. The fraction of sp³-hybridized carbons (Fsp3) is 0.579. The molecular formula is C19H27N3O3. The summed E-state index contributed by atoms with van der Waals surface area (Å²) in [7, 11) is 1.62. The van der Waals surface area contributed by atoms with Gasteiger partial charge in [-0.3, -0.25) is 9.69 Å². The first kappa shape index (κ1) is 17.7. The molecule has 2 fully saturated rings. The van der Waals surface area contributed by atoms with Crippen molar-refractivity contribution in [1.82, 2.24) is 15.1 Å². The topological polar surface area (TPSA) is 61.9 Å². The minimum atomic E-state index is -0.668. The van der Waals surface area contributed by atoms with Crippen molar-refractivity contribution in [1.29, 1.82) is 0 Å². The summed E-state index contributed by atoms with van der Waals surface area (Å²) in [4.78, 5) is 29.5. The molecule has 25 heavy (non-hydrogen) atoms. The van der Waals surface area contributed by atoms with Gasteiger partial charge in [-0.2, -0.15) is 0 Å². The van der Waals surface area contributed by atoms with E-state index in [-0.39, 0.29) is 11.9 Å². The van der Waals surface area contributed by atoms with Crippen molar-refractivity contribution in [2.24, 2.45) is 5.92 Å². The van der Waals surface area contributed by atoms with Crippen LogP contribution in [0.1, 0.15) is 32.3 Å². The molecule has 6 nitrogen and oxygen atoms in total. The average Bonchev–Trinajstić information content (AvgIpc) is 2.79. The van der Waals surface area contributed by atoms with Gasteiger partial charge in [0.2, 0.25) is 0 Å². The minimum absolute atomic E-state index is 0.0459. The summed E-state index contributed by atoms with van der Waals surface area (Å²) in [6.07, 6.45) is 1.37. The molecular weight excluding hydrogens is 318 g/mol. The number of urea groups is 1. The van der Waals surface area contributed by atoms with Crippen molar-refractivity contribution < 1.29 is 14.3 Å². The number of hydrogen-bond donors (Lipinski definition) is 1. The molecule has 136 valence electrons. The standard InChI is InChI=1S/C19H27N3O3/c1-14(2)12-22-18(24)21(13-15-4-6-16(25-3)7-5-15)17(23)19(22)8-10-20-11-9-19/h4-7,14,20H,8-13H2,1-3H3. The van der Waals surface area contributed by atoms with Crippen LogP contribution < -0.4 is 10.1 Å². The molecule has 1 N–H and O–H groups in total. The second kappa shape index (κ2) is 7.04. The van der Waals surface area contributed by atoms with Gasteiger partial charge < -0.3 is 15.0 Å². The number of nitrogens with one attached hydrogen (secondary N) is 1. The summed E-state index contributed by atoms with van der Waals surface area (Å²) in [5.74, 6) is 1.04. The first-order valence-corrected chi connectivity index (χ1v) is 8.95. The van der Waals surface area contributed by atoms with Crippen LogP contribution in [0.4, 0.5) is 4.79 Å². The Labute approximate surface area is 149 Å². The Morgan fingerprint density at radius 2 is 1.80 bits per heavy atom. The van der Waals surface area contributed by atoms with E-state index in [4.69, 9.17) is 4.74 Å². The van der Waals surface area contributed by atoms with E-state index >= 15 is 0 Å². The van der Waals surface area contributed by atoms with E-state index in [1.54, 1.807) is 7.11 Å². The predicted molar refractivity (Wildman–Crippen MR) is 95.3 cm³/mol. The SMILES string of the molecule is COc1ccc(CN2C(=O)N(CC(C)C)C3(CCNCC3)C2=O)cc1. The van der Waals surface area contributed by atoms with Gasteiger partial charge in [0.25, 0.3) is 5.91 Å². The van der Waals surface area contributed by atoms with E-state index in [2.05, 4.69) is 19.2 Å². The Morgan fingerprint density at radius 1 is 1.16 bits per heavy atom. The predicted octanol–water partition coefficient (Wildman–Crippen LogP) is 2.24. The molecule has 0 saturated carbocycles. The van der Waals surface area contributed by atoms with Gasteiger partial charge in [0, 0.05) is 6.54 Å². The highest BCUT2D eigenvalue weighted by molar-refractivity contribution is 6.07. The molecule has 1 spiro atoms. The van der Waals surface area contributed by atoms with Crippen molar-refractivity contribution >= 4 is 11.9 Å². The van der Waals surface area contributed by atoms with E-state index in [0.29, 0.717) is 31.8 Å². The highest BCUT2D eigenvalue weighted by Gasteiger charge is 2.57. The fourth-order valence-electron chi connectivity index (χ4n) is 3.78. The lowest BCUT2D eigenvalue weighted by Gasteiger charge is -2.39. The Kier molecular flexibility index (Phi) is 4.99. The molecule has 0 atom stereocenters. The third-order valence-corrected chi connectivity index (χ3v) is 5.10. The van der Waals surface area contributed by atoms with Crippen LogP contribution in [-0.2, 0) is 11.3 Å². The Bertz CT molecular complexity index is 636. The van der Waals surface area contributed by atoms with Gasteiger partial charge in [0.1, 0.15) is 11.3 Å². The number of methoxy groups -OCH3 is 1. The molecule has 3 amide bonds. The van der Waals surface area contributed by atoms with Crippen molar-refractivity contribution in [2.75, 3.05) is 26.7 Å². The lowest BCUT2D eigenvalue weighted by atomic mass is 9.86. The van der Waals surface area contributed by atoms with Crippen LogP contribution in [0.5, 0.6) is 5.75 Å². The van der Waals surface area contributed by atoms with Crippen molar-refractivity contribution in [3.63, 3.8) is 0 Å². The van der Waals surface area contributed by atoms with Crippen molar-refractivity contribution in [3.05, 3.63) is 29.8 Å². The van der Waals surface area contributed by atoms with Gasteiger partial charge in [-0.15, -0.1) is 0 Å². The monoisotopic (exact) mass is 345 g/mol. The first-order chi connectivity index (χ1) is 12.0. The fourth-order valence-corrected chi connectivity index (χ4v) is 3.78. The Hall–Kier alpha value is -2.08. The third-order valence-electron chi connectivity index (χ3n) is 5.10. The van der Waals surface area contributed by atoms with E-state index < -0.39 is 5.54 Å². The molecule has 0 radical (unpaired) electrons. The summed E-state index contributed by atoms with van der Waals surface area (Å²) >= 11 is 0. The zero-order chi connectivity index (χ0) is 18.0. The molecule has 2 heterocycles. The molecule has 1 aromatic carbocycles. The van der Waals surface area contributed by atoms with Crippen LogP contribution in [-0.4, -0.2) is 54.0 Å². The van der Waals surface area contributed by atoms with E-state index in [0.717, 1.165) is 24.4 Å². The number of piperidine rings is 1. The Morgan fingerprint density at radius 3 is 2.36 bits per heavy atom. The number of nitrogens with zero attached hydrogens (tertiary/aromatic N) is 2. The number of amides is 3. The zero-order valence-electron chi connectivity index (χ0n) is 15.2. The van der Waals surface area contributed by atoms with Crippen LogP contribution in [0.3, 0.4) is 0 Å². The molecule has 6 heteroatoms. The van der Waals surface area contributed by atoms with Gasteiger partial charge in [-0.25, -0.2) is 4.79 Å². The van der Waals surface area contributed by atoms with Crippen molar-refractivity contribution in [2.45, 2.75) is 38.8 Å². The van der Waals surface area contributed by atoms with Crippen LogP contribution in [0.25, 0.3) is 0 Å². The lowest BCUT2D eigenvalue weighted by Crippen LogP contribution is -2.56. The molecule has 2 saturated heterocycles. The maximum atomic E-state index is 13.2. The first-order valence-electron chi connectivity index (χ1n) is 8.95. The molecule has 1 aromatic rings. The van der Waals surface area contributed by atoms with Crippen LogP contribution >= 0.6 is 0 Å². The van der Waals surface area contributed by atoms with Gasteiger partial charge in [-0.05, 0) is 49.5 Å². The number of imide groups is 1. The number of rotatable bonds is 5. The Balaban J connectivity index is 1.86. The second-order valence-electron chi connectivity index (χ2n) is 7.31. The number of carbonyl (C=O) groups excluding carboxylic acids is 2. The number of benzene rings is 1. The quantitative estimate of drug-likeness (QED) is 0.832. The van der Waals surface area contributed by atoms with Gasteiger partial charge in [0.15, 0.2) is 0 Å². The molecule has 2 aliphatic rings. The summed E-state index contributed by atoms with van der Waals surface area (Å²) in [6, 6.07) is 7.36. The summed E-state index contributed by atoms with van der Waals surface area (Å²) in [6.45, 7) is 6.63. The average molecular weight is 345 g/mol. The summed E-state index contributed by atoms with van der Waals surface area (Å²) in [5, 5.41) is 3.30. The number of ether oxygens (including phenoxy) is 1. The van der Waals surface area contributed by atoms with Crippen molar-refractivity contribution in [3.8, 4) is 5.75 Å². The largest absolute Gasteiger partial charge is 0.497 e. The smallest absolute Gasteiger partial charge is 0.327 e. The van der Waals surface area contributed by atoms with Gasteiger partial charge >= 0.3 is 6.03 Å². The molecule has 0 aliphatic carbocycles. The van der Waals surface area contributed by atoms with Crippen LogP contribution in [0.15, 0.2) is 24.3 Å². The van der Waals surface area contributed by atoms with Crippen LogP contribution in [0.2, 0.25) is 0 Å².